The Morgan fingerprint density at radius 3 is 2.76 bits per heavy atom. The number of nitrogens with two attached hydrogens (primary N) is 1. The highest BCUT2D eigenvalue weighted by Crippen LogP contribution is 2.26. The predicted octanol–water partition coefficient (Wildman–Crippen LogP) is 3.96. The molecule has 110 valence electrons. The van der Waals surface area contributed by atoms with E-state index in [1.807, 2.05) is 6.92 Å². The summed E-state index contributed by atoms with van der Waals surface area (Å²) in [6.07, 6.45) is 0.897. The van der Waals surface area contributed by atoms with E-state index in [1.54, 1.807) is 42.5 Å². The van der Waals surface area contributed by atoms with Crippen LogP contribution in [0.1, 0.15) is 23.7 Å². The van der Waals surface area contributed by atoms with Crippen molar-refractivity contribution in [2.45, 2.75) is 13.3 Å². The Labute approximate surface area is 128 Å². The number of nitrogens with one attached hydrogen (secondary N) is 1. The van der Waals surface area contributed by atoms with Gasteiger partial charge in [-0.25, -0.2) is 0 Å². The second-order valence-corrected chi connectivity index (χ2v) is 4.98. The fourth-order valence-corrected chi connectivity index (χ4v) is 2.03. The summed E-state index contributed by atoms with van der Waals surface area (Å²) in [5.74, 6) is 0.337. The summed E-state index contributed by atoms with van der Waals surface area (Å²) >= 11 is 6.11. The van der Waals surface area contributed by atoms with E-state index in [9.17, 15) is 4.79 Å². The van der Waals surface area contributed by atoms with Gasteiger partial charge >= 0.3 is 0 Å². The van der Waals surface area contributed by atoms with Crippen LogP contribution in [-0.4, -0.2) is 12.5 Å². The number of nitrogen functional groups attached to an aromatic ring is 1. The van der Waals surface area contributed by atoms with Crippen molar-refractivity contribution < 1.29 is 9.53 Å². The van der Waals surface area contributed by atoms with Crippen LogP contribution in [-0.2, 0) is 0 Å². The van der Waals surface area contributed by atoms with Gasteiger partial charge in [0.05, 0.1) is 11.6 Å². The lowest BCUT2D eigenvalue weighted by Gasteiger charge is -2.09. The molecule has 21 heavy (non-hydrogen) atoms. The second-order valence-electron chi connectivity index (χ2n) is 4.57. The molecule has 0 heterocycles. The Morgan fingerprint density at radius 2 is 2.10 bits per heavy atom. The highest BCUT2D eigenvalue weighted by atomic mass is 35.5. The van der Waals surface area contributed by atoms with E-state index in [-0.39, 0.29) is 5.91 Å². The molecule has 2 aromatic rings. The molecule has 0 radical (unpaired) electrons. The van der Waals surface area contributed by atoms with Crippen LogP contribution in [0.5, 0.6) is 5.75 Å². The summed E-state index contributed by atoms with van der Waals surface area (Å²) in [6.45, 7) is 2.61. The van der Waals surface area contributed by atoms with Gasteiger partial charge in [-0.1, -0.05) is 24.6 Å². The van der Waals surface area contributed by atoms with Crippen molar-refractivity contribution in [2.24, 2.45) is 0 Å². The van der Waals surface area contributed by atoms with Crippen molar-refractivity contribution >= 4 is 28.9 Å². The van der Waals surface area contributed by atoms with E-state index < -0.39 is 0 Å². The quantitative estimate of drug-likeness (QED) is 0.822. The topological polar surface area (TPSA) is 64.3 Å². The van der Waals surface area contributed by atoms with Crippen LogP contribution in [0.2, 0.25) is 5.02 Å². The molecule has 5 heteroatoms. The third-order valence-corrected chi connectivity index (χ3v) is 3.10. The zero-order chi connectivity index (χ0) is 15.2. The predicted molar refractivity (Wildman–Crippen MR) is 86.0 cm³/mol. The second kappa shape index (κ2) is 6.99. The maximum Gasteiger partial charge on any atom is 0.255 e. The summed E-state index contributed by atoms with van der Waals surface area (Å²) in [5, 5.41) is 3.19. The molecule has 4 nitrogen and oxygen atoms in total. The number of anilines is 2. The zero-order valence-electron chi connectivity index (χ0n) is 11.7. The minimum atomic E-state index is -0.246. The SMILES string of the molecule is CCCOc1ccc(C(=O)Nc2cccc(N)c2)cc1Cl. The first-order valence-corrected chi connectivity index (χ1v) is 7.07. The maximum absolute atomic E-state index is 12.2. The van der Waals surface area contributed by atoms with Crippen molar-refractivity contribution in [3.05, 3.63) is 53.1 Å². The molecule has 0 spiro atoms. The number of hydrogen-bond acceptors (Lipinski definition) is 3. The average Bonchev–Trinajstić information content (AvgIpc) is 2.46. The van der Waals surface area contributed by atoms with Gasteiger partial charge in [0.15, 0.2) is 0 Å². The molecule has 0 saturated heterocycles. The van der Waals surface area contributed by atoms with Crippen LogP contribution in [0, 0.1) is 0 Å². The number of amides is 1. The van der Waals surface area contributed by atoms with Crippen molar-refractivity contribution in [1.29, 1.82) is 0 Å². The van der Waals surface area contributed by atoms with Crippen molar-refractivity contribution in [3.8, 4) is 5.75 Å². The highest BCUT2D eigenvalue weighted by Gasteiger charge is 2.10. The van der Waals surface area contributed by atoms with Crippen LogP contribution >= 0.6 is 11.6 Å². The molecule has 0 aliphatic rings. The highest BCUT2D eigenvalue weighted by molar-refractivity contribution is 6.32. The van der Waals surface area contributed by atoms with E-state index in [0.29, 0.717) is 34.3 Å². The first kappa shape index (κ1) is 15.2. The van der Waals surface area contributed by atoms with Gasteiger partial charge in [-0.15, -0.1) is 0 Å². The number of carbonyl (C=O) groups is 1. The van der Waals surface area contributed by atoms with Crippen LogP contribution in [0.15, 0.2) is 42.5 Å². The summed E-state index contributed by atoms with van der Waals surface area (Å²) < 4.78 is 5.47. The van der Waals surface area contributed by atoms with Crippen LogP contribution in [0.4, 0.5) is 11.4 Å². The number of carbonyl (C=O) groups excluding carboxylic acids is 1. The third-order valence-electron chi connectivity index (χ3n) is 2.80. The molecule has 0 fully saturated rings. The Kier molecular flexibility index (Phi) is 5.06. The lowest BCUT2D eigenvalue weighted by atomic mass is 10.2. The Balaban J connectivity index is 2.11. The third kappa shape index (κ3) is 4.13. The molecule has 2 aromatic carbocycles. The first-order chi connectivity index (χ1) is 10.1. The van der Waals surface area contributed by atoms with Crippen molar-refractivity contribution in [2.75, 3.05) is 17.7 Å². The fourth-order valence-electron chi connectivity index (χ4n) is 1.79. The molecule has 0 aliphatic heterocycles. The average molecular weight is 305 g/mol. The molecule has 2 rings (SSSR count). The van der Waals surface area contributed by atoms with Gasteiger partial charge < -0.3 is 15.8 Å². The molecule has 1 amide bonds. The number of halogens is 1. The molecule has 0 atom stereocenters. The molecular weight excluding hydrogens is 288 g/mol. The van der Waals surface area contributed by atoms with Crippen LogP contribution in [0.3, 0.4) is 0 Å². The molecule has 0 saturated carbocycles. The van der Waals surface area contributed by atoms with Gasteiger partial charge in [0.2, 0.25) is 0 Å². The number of hydrogen-bond donors (Lipinski definition) is 2. The number of rotatable bonds is 5. The van der Waals surface area contributed by atoms with E-state index in [1.165, 1.54) is 0 Å². The minimum absolute atomic E-state index is 0.246. The van der Waals surface area contributed by atoms with Gasteiger partial charge in [0.25, 0.3) is 5.91 Å². The first-order valence-electron chi connectivity index (χ1n) is 6.69. The zero-order valence-corrected chi connectivity index (χ0v) is 12.5. The van der Waals surface area contributed by atoms with Crippen LogP contribution < -0.4 is 15.8 Å². The summed E-state index contributed by atoms with van der Waals surface area (Å²) in [4.78, 5) is 12.2. The van der Waals surface area contributed by atoms with E-state index in [4.69, 9.17) is 22.1 Å². The van der Waals surface area contributed by atoms with E-state index in [2.05, 4.69) is 5.32 Å². The molecule has 0 aromatic heterocycles. The lowest BCUT2D eigenvalue weighted by molar-refractivity contribution is 0.102. The van der Waals surface area contributed by atoms with Crippen molar-refractivity contribution in [1.82, 2.24) is 0 Å². The normalized spacial score (nSPS) is 10.2. The monoisotopic (exact) mass is 304 g/mol. The molecule has 0 unspecified atom stereocenters. The van der Waals surface area contributed by atoms with Crippen LogP contribution in [0.25, 0.3) is 0 Å². The molecule has 3 N–H and O–H groups in total. The molecular formula is C16H17ClN2O2. The Hall–Kier alpha value is -2.20. The lowest BCUT2D eigenvalue weighted by Crippen LogP contribution is -2.12. The minimum Gasteiger partial charge on any atom is -0.492 e. The number of ether oxygens (including phenoxy) is 1. The standard InChI is InChI=1S/C16H17ClN2O2/c1-2-8-21-15-7-6-11(9-14(15)17)16(20)19-13-5-3-4-12(18)10-13/h3-7,9-10H,2,8,18H2,1H3,(H,19,20). The van der Waals surface area contributed by atoms with Gasteiger partial charge in [0, 0.05) is 16.9 Å². The maximum atomic E-state index is 12.2. The fraction of sp³-hybridized carbons (Fsp3) is 0.188. The largest absolute Gasteiger partial charge is 0.492 e. The van der Waals surface area contributed by atoms with Gasteiger partial charge in [-0.05, 0) is 42.8 Å². The van der Waals surface area contributed by atoms with Gasteiger partial charge in [0.1, 0.15) is 5.75 Å². The Morgan fingerprint density at radius 1 is 1.29 bits per heavy atom. The molecule has 0 bridgehead atoms. The summed E-state index contributed by atoms with van der Waals surface area (Å²) in [6, 6.07) is 12.0. The van der Waals surface area contributed by atoms with Gasteiger partial charge in [-0.2, -0.15) is 0 Å². The summed E-state index contributed by atoms with van der Waals surface area (Å²) in [5.41, 5.74) is 7.37. The number of benzene rings is 2. The summed E-state index contributed by atoms with van der Waals surface area (Å²) in [7, 11) is 0. The van der Waals surface area contributed by atoms with E-state index in [0.717, 1.165) is 6.42 Å². The van der Waals surface area contributed by atoms with Gasteiger partial charge in [-0.3, -0.25) is 4.79 Å². The Bertz CT molecular complexity index is 644. The van der Waals surface area contributed by atoms with E-state index >= 15 is 0 Å². The van der Waals surface area contributed by atoms with Crippen molar-refractivity contribution in [3.63, 3.8) is 0 Å². The smallest absolute Gasteiger partial charge is 0.255 e. The molecule has 0 aliphatic carbocycles.